The highest BCUT2D eigenvalue weighted by molar-refractivity contribution is 14.1. The SMILES string of the molecule is CC(C)(C)C(O)(CCc1ccc(Cl)cc1)Cn1cncn1.CCCOc1nc2ccc(I)cc2c(=O)n1CCC. The zero-order chi connectivity index (χ0) is 29.3. The van der Waals surface area contributed by atoms with Gasteiger partial charge in [0, 0.05) is 15.1 Å². The van der Waals surface area contributed by atoms with Crippen molar-refractivity contribution in [3.8, 4) is 6.01 Å². The second kappa shape index (κ2) is 14.4. The first-order chi connectivity index (χ1) is 19.0. The molecule has 0 fully saturated rings. The number of nitrogens with zero attached hydrogens (tertiary/aromatic N) is 5. The molecule has 4 aromatic rings. The minimum absolute atomic E-state index is 0.0172. The average molecular weight is 680 g/mol. The first kappa shape index (κ1) is 32.0. The van der Waals surface area contributed by atoms with Crippen molar-refractivity contribution >= 4 is 45.1 Å². The number of aryl methyl sites for hydroxylation is 1. The summed E-state index contributed by atoms with van der Waals surface area (Å²) in [5, 5.41) is 16.6. The molecule has 0 aliphatic carbocycles. The molecule has 0 aliphatic heterocycles. The number of rotatable bonds is 10. The second-order valence-corrected chi connectivity index (χ2v) is 12.5. The topological polar surface area (TPSA) is 95.1 Å². The van der Waals surface area contributed by atoms with Crippen molar-refractivity contribution < 1.29 is 9.84 Å². The van der Waals surface area contributed by atoms with Crippen molar-refractivity contribution in [3.05, 3.63) is 79.6 Å². The van der Waals surface area contributed by atoms with E-state index in [1.807, 2.05) is 77.1 Å². The summed E-state index contributed by atoms with van der Waals surface area (Å²) in [7, 11) is 0. The Hall–Kier alpha value is -2.50. The second-order valence-electron chi connectivity index (χ2n) is 10.9. The van der Waals surface area contributed by atoms with E-state index in [0.717, 1.165) is 27.9 Å². The van der Waals surface area contributed by atoms with Gasteiger partial charge in [-0.15, -0.1) is 0 Å². The van der Waals surface area contributed by atoms with Crippen LogP contribution in [0.25, 0.3) is 10.9 Å². The van der Waals surface area contributed by atoms with Gasteiger partial charge < -0.3 is 9.84 Å². The predicted molar refractivity (Wildman–Crippen MR) is 169 cm³/mol. The number of hydrogen-bond donors (Lipinski definition) is 1. The molecular formula is C30H39ClIN5O3. The summed E-state index contributed by atoms with van der Waals surface area (Å²) >= 11 is 8.10. The van der Waals surface area contributed by atoms with Gasteiger partial charge in [0.2, 0.25) is 0 Å². The van der Waals surface area contributed by atoms with Crippen LogP contribution in [0.5, 0.6) is 6.01 Å². The van der Waals surface area contributed by atoms with E-state index in [0.29, 0.717) is 43.0 Å². The van der Waals surface area contributed by atoms with Crippen LogP contribution in [0.1, 0.15) is 59.4 Å². The fourth-order valence-corrected chi connectivity index (χ4v) is 4.79. The summed E-state index contributed by atoms with van der Waals surface area (Å²) in [6.07, 6.45) is 6.34. The number of aliphatic hydroxyl groups is 1. The molecule has 2 aromatic carbocycles. The van der Waals surface area contributed by atoms with Crippen LogP contribution in [0.3, 0.4) is 0 Å². The Morgan fingerprint density at radius 2 is 1.80 bits per heavy atom. The van der Waals surface area contributed by atoms with E-state index in [1.54, 1.807) is 15.6 Å². The molecule has 0 radical (unpaired) electrons. The van der Waals surface area contributed by atoms with E-state index in [4.69, 9.17) is 16.3 Å². The number of aromatic nitrogens is 5. The van der Waals surface area contributed by atoms with Gasteiger partial charge in [-0.3, -0.25) is 14.0 Å². The largest absolute Gasteiger partial charge is 0.465 e. The molecule has 1 N–H and O–H groups in total. The van der Waals surface area contributed by atoms with Crippen molar-refractivity contribution in [1.29, 1.82) is 0 Å². The molecule has 1 unspecified atom stereocenters. The van der Waals surface area contributed by atoms with Gasteiger partial charge in [0.05, 0.1) is 29.7 Å². The van der Waals surface area contributed by atoms with Crippen LogP contribution in [-0.4, -0.2) is 41.6 Å². The van der Waals surface area contributed by atoms with Crippen molar-refractivity contribution in [3.63, 3.8) is 0 Å². The van der Waals surface area contributed by atoms with Crippen LogP contribution >= 0.6 is 34.2 Å². The van der Waals surface area contributed by atoms with Crippen LogP contribution in [-0.2, 0) is 19.5 Å². The van der Waals surface area contributed by atoms with Gasteiger partial charge in [-0.25, -0.2) is 4.98 Å². The fourth-order valence-electron chi connectivity index (χ4n) is 4.17. The maximum atomic E-state index is 12.5. The van der Waals surface area contributed by atoms with Crippen LogP contribution in [0.4, 0.5) is 0 Å². The first-order valence-electron chi connectivity index (χ1n) is 13.6. The predicted octanol–water partition coefficient (Wildman–Crippen LogP) is 6.54. The van der Waals surface area contributed by atoms with Gasteiger partial charge in [-0.1, -0.05) is 58.4 Å². The fraction of sp³-hybridized carbons (Fsp3) is 0.467. The average Bonchev–Trinajstić information content (AvgIpc) is 3.42. The minimum atomic E-state index is -0.861. The lowest BCUT2D eigenvalue weighted by molar-refractivity contribution is -0.0796. The van der Waals surface area contributed by atoms with Gasteiger partial charge in [0.15, 0.2) is 0 Å². The van der Waals surface area contributed by atoms with Gasteiger partial charge >= 0.3 is 0 Å². The van der Waals surface area contributed by atoms with Gasteiger partial charge in [-0.2, -0.15) is 10.1 Å². The molecular weight excluding hydrogens is 641 g/mol. The Kier molecular flexibility index (Phi) is 11.5. The van der Waals surface area contributed by atoms with Crippen molar-refractivity contribution in [2.24, 2.45) is 5.41 Å². The summed E-state index contributed by atoms with van der Waals surface area (Å²) in [5.41, 5.74) is 0.729. The molecule has 216 valence electrons. The van der Waals surface area contributed by atoms with Crippen molar-refractivity contribution in [2.75, 3.05) is 6.61 Å². The summed E-state index contributed by atoms with van der Waals surface area (Å²) in [5.74, 6) is 0. The molecule has 10 heteroatoms. The lowest BCUT2D eigenvalue weighted by atomic mass is 9.73. The van der Waals surface area contributed by atoms with E-state index in [-0.39, 0.29) is 11.0 Å². The highest BCUT2D eigenvalue weighted by Crippen LogP contribution is 2.35. The van der Waals surface area contributed by atoms with Crippen molar-refractivity contribution in [1.82, 2.24) is 24.3 Å². The number of halogens is 2. The standard InChI is InChI=1S/C16H22ClN3O.C14H17IN2O2/c1-15(2,3)16(21,10-20-12-18-11-19-20)9-8-13-4-6-14(17)7-5-13;1-3-7-17-13(18)11-9-10(15)5-6-12(11)16-14(17)19-8-4-2/h4-7,11-12,21H,8-10H2,1-3H3;5-6,9H,3-4,7-8H2,1-2H3. The van der Waals surface area contributed by atoms with Crippen LogP contribution in [0, 0.1) is 8.99 Å². The molecule has 0 bridgehead atoms. The number of hydrogen-bond acceptors (Lipinski definition) is 6. The molecule has 0 saturated carbocycles. The quantitative estimate of drug-likeness (QED) is 0.191. The van der Waals surface area contributed by atoms with Gasteiger partial charge in [-0.05, 0) is 89.6 Å². The highest BCUT2D eigenvalue weighted by Gasteiger charge is 2.40. The van der Waals surface area contributed by atoms with Crippen molar-refractivity contribution in [2.45, 2.75) is 79.0 Å². The monoisotopic (exact) mass is 679 g/mol. The Bertz CT molecular complexity index is 1420. The number of benzene rings is 2. The van der Waals surface area contributed by atoms with Gasteiger partial charge in [0.1, 0.15) is 12.7 Å². The molecule has 40 heavy (non-hydrogen) atoms. The molecule has 0 amide bonds. The van der Waals surface area contributed by atoms with E-state index < -0.39 is 5.60 Å². The number of fused-ring (bicyclic) bond motifs is 1. The van der Waals surface area contributed by atoms with E-state index in [1.165, 1.54) is 11.9 Å². The zero-order valence-corrected chi connectivity index (χ0v) is 26.8. The Labute approximate surface area is 254 Å². The Morgan fingerprint density at radius 1 is 1.07 bits per heavy atom. The third kappa shape index (κ3) is 8.50. The third-order valence-corrected chi connectivity index (χ3v) is 7.71. The maximum Gasteiger partial charge on any atom is 0.299 e. The molecule has 1 atom stereocenters. The minimum Gasteiger partial charge on any atom is -0.465 e. The molecule has 0 spiro atoms. The van der Waals surface area contributed by atoms with Crippen LogP contribution in [0.2, 0.25) is 5.02 Å². The molecule has 2 aromatic heterocycles. The summed E-state index contributed by atoms with van der Waals surface area (Å²) in [4.78, 5) is 20.9. The number of ether oxygens (including phenoxy) is 1. The molecule has 0 aliphatic rings. The molecule has 8 nitrogen and oxygen atoms in total. The molecule has 2 heterocycles. The van der Waals surface area contributed by atoms with Gasteiger partial charge in [0.25, 0.3) is 11.6 Å². The molecule has 0 saturated heterocycles. The van der Waals surface area contributed by atoms with E-state index >= 15 is 0 Å². The van der Waals surface area contributed by atoms with Crippen LogP contribution in [0.15, 0.2) is 59.9 Å². The normalized spacial score (nSPS) is 13.0. The van der Waals surface area contributed by atoms with Crippen LogP contribution < -0.4 is 10.3 Å². The van der Waals surface area contributed by atoms with E-state index in [2.05, 4.69) is 37.7 Å². The smallest absolute Gasteiger partial charge is 0.299 e. The Balaban J connectivity index is 0.000000222. The van der Waals surface area contributed by atoms with E-state index in [9.17, 15) is 9.90 Å². The summed E-state index contributed by atoms with van der Waals surface area (Å²) in [6, 6.07) is 13.9. The summed E-state index contributed by atoms with van der Waals surface area (Å²) in [6.45, 7) is 11.9. The Morgan fingerprint density at radius 3 is 2.40 bits per heavy atom. The maximum absolute atomic E-state index is 12.5. The zero-order valence-electron chi connectivity index (χ0n) is 23.9. The lowest BCUT2D eigenvalue weighted by Crippen LogP contribution is -2.47. The molecule has 4 rings (SSSR count). The highest BCUT2D eigenvalue weighted by atomic mass is 127. The first-order valence-corrected chi connectivity index (χ1v) is 15.0. The lowest BCUT2D eigenvalue weighted by Gasteiger charge is -2.40. The summed E-state index contributed by atoms with van der Waals surface area (Å²) < 4.78 is 9.96. The third-order valence-electron chi connectivity index (χ3n) is 6.79.